The van der Waals surface area contributed by atoms with E-state index in [2.05, 4.69) is 30.9 Å². The number of aliphatic hydroxyl groups is 1. The Kier molecular flexibility index (Phi) is 6.75. The van der Waals surface area contributed by atoms with Crippen LogP contribution in [0.25, 0.3) is 5.82 Å². The molecule has 0 saturated heterocycles. The lowest BCUT2D eigenvalue weighted by Crippen LogP contribution is -2.43. The van der Waals surface area contributed by atoms with Crippen LogP contribution in [0.3, 0.4) is 0 Å². The molecule has 192 valence electrons. The Morgan fingerprint density at radius 3 is 2.78 bits per heavy atom. The van der Waals surface area contributed by atoms with Gasteiger partial charge in [-0.1, -0.05) is 13.0 Å². The highest BCUT2D eigenvalue weighted by molar-refractivity contribution is 5.79. The first-order valence-electron chi connectivity index (χ1n) is 12.5. The van der Waals surface area contributed by atoms with Crippen LogP contribution in [0.15, 0.2) is 55.0 Å². The number of hydrogen-bond acceptors (Lipinski definition) is 7. The minimum Gasteiger partial charge on any atom is -0.384 e. The molecule has 3 atom stereocenters. The third-order valence-electron chi connectivity index (χ3n) is 6.98. The van der Waals surface area contributed by atoms with Crippen molar-refractivity contribution in [3.63, 3.8) is 0 Å². The van der Waals surface area contributed by atoms with Crippen LogP contribution >= 0.6 is 0 Å². The highest BCUT2D eigenvalue weighted by atomic mass is 16.3. The van der Waals surface area contributed by atoms with Gasteiger partial charge in [-0.15, -0.1) is 0 Å². The molecule has 1 aliphatic carbocycles. The Bertz CT molecular complexity index is 1370. The number of anilines is 2. The number of aromatic amines is 1. The van der Waals surface area contributed by atoms with Crippen molar-refractivity contribution >= 4 is 17.5 Å². The molecule has 0 bridgehead atoms. The average molecular weight is 501 g/mol. The summed E-state index contributed by atoms with van der Waals surface area (Å²) in [7, 11) is 0. The number of aromatic nitrogens is 6. The first-order valence-corrected chi connectivity index (χ1v) is 12.5. The van der Waals surface area contributed by atoms with Crippen molar-refractivity contribution in [1.82, 2.24) is 35.3 Å². The molecule has 0 aromatic carbocycles. The number of aryl methyl sites for hydroxylation is 2. The van der Waals surface area contributed by atoms with Gasteiger partial charge in [-0.25, -0.2) is 14.6 Å². The maximum Gasteiger partial charge on any atom is 0.223 e. The summed E-state index contributed by atoms with van der Waals surface area (Å²) in [6.45, 7) is 6.34. The van der Waals surface area contributed by atoms with Gasteiger partial charge in [0.1, 0.15) is 11.4 Å². The third-order valence-corrected chi connectivity index (χ3v) is 6.98. The van der Waals surface area contributed by atoms with Gasteiger partial charge in [0.15, 0.2) is 11.6 Å². The van der Waals surface area contributed by atoms with Crippen molar-refractivity contribution in [3.8, 4) is 5.82 Å². The molecule has 1 fully saturated rings. The molecule has 1 saturated carbocycles. The number of rotatable bonds is 7. The summed E-state index contributed by atoms with van der Waals surface area (Å²) in [4.78, 5) is 22.2. The van der Waals surface area contributed by atoms with Gasteiger partial charge >= 0.3 is 0 Å². The molecule has 4 N–H and O–H groups in total. The van der Waals surface area contributed by atoms with E-state index in [4.69, 9.17) is 4.98 Å². The zero-order chi connectivity index (χ0) is 26.0. The van der Waals surface area contributed by atoms with Crippen LogP contribution in [-0.2, 0) is 16.9 Å². The molecular formula is C27H32N8O2. The number of nitrogens with zero attached hydrogens (tertiary/aromatic N) is 5. The normalized spacial score (nSPS) is 21.5. The maximum atomic E-state index is 13.0. The predicted molar refractivity (Wildman–Crippen MR) is 139 cm³/mol. The van der Waals surface area contributed by atoms with E-state index >= 15 is 0 Å². The third kappa shape index (κ3) is 5.54. The minimum atomic E-state index is -1.09. The van der Waals surface area contributed by atoms with Crippen LogP contribution < -0.4 is 10.6 Å². The maximum absolute atomic E-state index is 13.0. The minimum absolute atomic E-state index is 0.000776. The quantitative estimate of drug-likeness (QED) is 0.304. The molecule has 0 spiro atoms. The van der Waals surface area contributed by atoms with Gasteiger partial charge < -0.3 is 15.7 Å². The Labute approximate surface area is 215 Å². The number of nitrogens with one attached hydrogen (secondary N) is 3. The van der Waals surface area contributed by atoms with Crippen molar-refractivity contribution in [2.75, 3.05) is 5.32 Å². The largest absolute Gasteiger partial charge is 0.384 e. The second-order valence-electron chi connectivity index (χ2n) is 10.0. The van der Waals surface area contributed by atoms with Crippen molar-refractivity contribution in [2.24, 2.45) is 11.8 Å². The molecule has 0 radical (unpaired) electrons. The Morgan fingerprint density at radius 2 is 2.11 bits per heavy atom. The Balaban J connectivity index is 1.20. The zero-order valence-corrected chi connectivity index (χ0v) is 21.3. The molecule has 5 rings (SSSR count). The van der Waals surface area contributed by atoms with Gasteiger partial charge in [0.25, 0.3) is 0 Å². The summed E-state index contributed by atoms with van der Waals surface area (Å²) in [5.74, 6) is 1.85. The molecule has 4 aromatic rings. The number of pyridine rings is 2. The molecule has 37 heavy (non-hydrogen) atoms. The molecule has 1 amide bonds. The van der Waals surface area contributed by atoms with Gasteiger partial charge in [-0.2, -0.15) is 10.2 Å². The zero-order valence-electron chi connectivity index (χ0n) is 21.3. The number of hydrogen-bond donors (Lipinski definition) is 4. The Morgan fingerprint density at radius 1 is 1.24 bits per heavy atom. The average Bonchev–Trinajstić information content (AvgIpc) is 3.55. The van der Waals surface area contributed by atoms with Crippen LogP contribution in [0.4, 0.5) is 11.6 Å². The van der Waals surface area contributed by atoms with E-state index in [1.165, 1.54) is 0 Å². The summed E-state index contributed by atoms with van der Waals surface area (Å²) in [5, 5.41) is 29.1. The molecular weight excluding hydrogens is 468 g/mol. The Hall–Kier alpha value is -4.05. The van der Waals surface area contributed by atoms with Crippen LogP contribution in [0.1, 0.15) is 48.7 Å². The van der Waals surface area contributed by atoms with Gasteiger partial charge in [-0.05, 0) is 74.4 Å². The van der Waals surface area contributed by atoms with Crippen LogP contribution in [0.5, 0.6) is 0 Å². The molecule has 4 aromatic heterocycles. The summed E-state index contributed by atoms with van der Waals surface area (Å²) < 4.78 is 1.69. The van der Waals surface area contributed by atoms with Crippen LogP contribution in [-0.4, -0.2) is 41.0 Å². The van der Waals surface area contributed by atoms with Gasteiger partial charge in [0.2, 0.25) is 5.91 Å². The van der Waals surface area contributed by atoms with E-state index in [0.717, 1.165) is 22.6 Å². The van der Waals surface area contributed by atoms with Crippen LogP contribution in [0.2, 0.25) is 0 Å². The first-order chi connectivity index (χ1) is 17.8. The highest BCUT2D eigenvalue weighted by Gasteiger charge is 2.42. The monoisotopic (exact) mass is 500 g/mol. The number of amides is 1. The highest BCUT2D eigenvalue weighted by Crippen LogP contribution is 2.42. The lowest BCUT2D eigenvalue weighted by Gasteiger charge is -2.39. The van der Waals surface area contributed by atoms with E-state index in [-0.39, 0.29) is 17.7 Å². The molecule has 0 aliphatic heterocycles. The molecule has 10 heteroatoms. The van der Waals surface area contributed by atoms with Gasteiger partial charge in [-0.3, -0.25) is 9.89 Å². The molecule has 10 nitrogen and oxygen atoms in total. The van der Waals surface area contributed by atoms with Crippen molar-refractivity contribution < 1.29 is 9.90 Å². The fourth-order valence-electron chi connectivity index (χ4n) is 5.04. The topological polar surface area (TPSA) is 134 Å². The summed E-state index contributed by atoms with van der Waals surface area (Å²) >= 11 is 0. The summed E-state index contributed by atoms with van der Waals surface area (Å²) in [6.07, 6.45) is 6.79. The molecule has 1 aliphatic rings. The van der Waals surface area contributed by atoms with Crippen LogP contribution in [0, 0.1) is 25.7 Å². The molecule has 4 heterocycles. The smallest absolute Gasteiger partial charge is 0.223 e. The first kappa shape index (κ1) is 24.6. The van der Waals surface area contributed by atoms with E-state index in [1.807, 2.05) is 63.4 Å². The predicted octanol–water partition coefficient (Wildman–Crippen LogP) is 3.69. The number of carbonyl (C=O) groups excluding carboxylic acids is 1. The van der Waals surface area contributed by atoms with Crippen molar-refractivity contribution in [2.45, 2.75) is 52.2 Å². The van der Waals surface area contributed by atoms with E-state index < -0.39 is 5.60 Å². The van der Waals surface area contributed by atoms with Gasteiger partial charge in [0.05, 0.1) is 5.69 Å². The molecule has 0 unspecified atom stereocenters. The summed E-state index contributed by atoms with van der Waals surface area (Å²) in [5.41, 5.74) is 2.39. The summed E-state index contributed by atoms with van der Waals surface area (Å²) in [6, 6.07) is 11.4. The van der Waals surface area contributed by atoms with E-state index in [1.54, 1.807) is 17.1 Å². The number of H-pyrrole nitrogens is 1. The lowest BCUT2D eigenvalue weighted by molar-refractivity contribution is -0.131. The number of carbonyl (C=O) groups is 1. The fourth-order valence-corrected chi connectivity index (χ4v) is 5.04. The second kappa shape index (κ2) is 10.1. The van der Waals surface area contributed by atoms with E-state index in [9.17, 15) is 9.90 Å². The second-order valence-corrected chi connectivity index (χ2v) is 10.0. The lowest BCUT2D eigenvalue weighted by atomic mass is 9.70. The standard InChI is InChI=1S/C27H32N8O2/c1-17-11-22(31-23(12-17)32-24-13-19(3)33-34-24)27(37)8-7-21(18(2)14-27)26(36)29-16-20-5-6-25(28-15-20)35-10-4-9-30-35/h4-6,9-13,15,18,21,37H,7-8,14,16H2,1-3H3,(H,29,36)(H2,31,32,33,34)/t18-,21+,27-/m1/s1. The van der Waals surface area contributed by atoms with E-state index in [0.29, 0.717) is 43.1 Å². The SMILES string of the molecule is Cc1cc(Nc2cc(C)[nH]n2)nc([C@@]2(O)CC[C@H](C(=O)NCc3ccc(-n4cccn4)nc3)[C@H](C)C2)c1. The van der Waals surface area contributed by atoms with Gasteiger partial charge in [0, 0.05) is 42.8 Å². The fraction of sp³-hybridized carbons (Fsp3) is 0.370. The van der Waals surface area contributed by atoms with Crippen molar-refractivity contribution in [3.05, 3.63) is 77.5 Å². The van der Waals surface area contributed by atoms with Crippen molar-refractivity contribution in [1.29, 1.82) is 0 Å².